The highest BCUT2D eigenvalue weighted by atomic mass is 32.2. The second-order valence-electron chi connectivity index (χ2n) is 13.4. The molecule has 2 heterocycles. The number of carbonyl (C=O) groups excluding carboxylic acids is 1. The summed E-state index contributed by atoms with van der Waals surface area (Å²) in [5.74, 6) is -1.20. The summed E-state index contributed by atoms with van der Waals surface area (Å²) in [6.45, 7) is 10.3. The zero-order valence-electron chi connectivity index (χ0n) is 27.6. The Morgan fingerprint density at radius 3 is 2.55 bits per heavy atom. The van der Waals surface area contributed by atoms with Crippen LogP contribution in [0, 0.1) is 29.5 Å². The molecule has 1 unspecified atom stereocenters. The first-order valence-corrected chi connectivity index (χ1v) is 17.1. The Labute approximate surface area is 274 Å². The minimum Gasteiger partial charge on any atom is -0.452 e. The number of halogens is 1. The van der Waals surface area contributed by atoms with Crippen molar-refractivity contribution in [1.29, 1.82) is 5.26 Å². The molecule has 5 rings (SSSR count). The zero-order valence-corrected chi connectivity index (χ0v) is 28.4. The van der Waals surface area contributed by atoms with Gasteiger partial charge in [0, 0.05) is 38.3 Å². The number of aromatic nitrogens is 2. The molecular formula is C33H41FN6O6S. The number of aryl methyl sites for hydroxylation is 1. The number of nitrogens with zero attached hydrogens (tertiary/aromatic N) is 5. The highest BCUT2D eigenvalue weighted by Crippen LogP contribution is 2.50. The van der Waals surface area contributed by atoms with Crippen LogP contribution in [0.15, 0.2) is 35.4 Å². The minimum absolute atomic E-state index is 0.0151. The number of fused-ring (bicyclic) bond motifs is 1. The zero-order chi connectivity index (χ0) is 34.3. The predicted octanol–water partition coefficient (Wildman–Crippen LogP) is 5.86. The van der Waals surface area contributed by atoms with Crippen molar-refractivity contribution in [3.05, 3.63) is 57.9 Å². The van der Waals surface area contributed by atoms with Crippen LogP contribution in [-0.4, -0.2) is 65.6 Å². The lowest BCUT2D eigenvalue weighted by Crippen LogP contribution is -2.44. The molecule has 252 valence electrons. The maximum Gasteiger partial charge on any atom is 0.410 e. The second kappa shape index (κ2) is 12.8. The van der Waals surface area contributed by atoms with E-state index < -0.39 is 27.4 Å². The topological polar surface area (TPSA) is 147 Å². The summed E-state index contributed by atoms with van der Waals surface area (Å²) in [6, 6.07) is 7.08. The van der Waals surface area contributed by atoms with E-state index >= 15 is 4.39 Å². The standard InChI is InChI=1S/C33H41FN6O6S/c1-7-38(6)47(43,44)37-25-9-8-24(34)29(23(25)19-35)45-27-11-10-26-28(21(27)2)30(41)40(20-36-26)22-12-13-33(18-22)14-16-39(17-15-33)31(42)46-32(3,4)5/h8-11,20,22,37H,7,12-18H2,1-6H3. The number of amides is 1. The molecule has 0 radical (unpaired) electrons. The van der Waals surface area contributed by atoms with E-state index in [0.29, 0.717) is 29.6 Å². The molecule has 1 atom stereocenters. The lowest BCUT2D eigenvalue weighted by Gasteiger charge is -2.40. The Balaban J connectivity index is 1.40. The van der Waals surface area contributed by atoms with Crippen molar-refractivity contribution in [3.63, 3.8) is 0 Å². The molecule has 1 aliphatic carbocycles. The van der Waals surface area contributed by atoms with Crippen molar-refractivity contribution in [3.8, 4) is 17.6 Å². The van der Waals surface area contributed by atoms with Gasteiger partial charge >= 0.3 is 16.3 Å². The van der Waals surface area contributed by atoms with Crippen molar-refractivity contribution in [1.82, 2.24) is 18.8 Å². The third kappa shape index (κ3) is 6.92. The van der Waals surface area contributed by atoms with Gasteiger partial charge in [0.1, 0.15) is 23.0 Å². The van der Waals surface area contributed by atoms with Crippen LogP contribution in [0.3, 0.4) is 0 Å². The van der Waals surface area contributed by atoms with Crippen LogP contribution in [-0.2, 0) is 14.9 Å². The Morgan fingerprint density at radius 2 is 1.91 bits per heavy atom. The maximum atomic E-state index is 15.1. The molecule has 1 aliphatic heterocycles. The van der Waals surface area contributed by atoms with Gasteiger partial charge < -0.3 is 14.4 Å². The van der Waals surface area contributed by atoms with Gasteiger partial charge in [-0.05, 0) is 89.5 Å². The monoisotopic (exact) mass is 668 g/mol. The molecule has 14 heteroatoms. The van der Waals surface area contributed by atoms with Gasteiger partial charge in [-0.1, -0.05) is 6.92 Å². The number of carbonyl (C=O) groups is 1. The third-order valence-electron chi connectivity index (χ3n) is 9.24. The van der Waals surface area contributed by atoms with Crippen LogP contribution in [0.4, 0.5) is 14.9 Å². The number of ether oxygens (including phenoxy) is 2. The maximum absolute atomic E-state index is 15.1. The van der Waals surface area contributed by atoms with Gasteiger partial charge in [-0.3, -0.25) is 14.1 Å². The molecule has 1 amide bonds. The van der Waals surface area contributed by atoms with Gasteiger partial charge in [0.25, 0.3) is 5.56 Å². The molecule has 2 aromatic carbocycles. The summed E-state index contributed by atoms with van der Waals surface area (Å²) in [7, 11) is -2.63. The molecule has 3 aromatic rings. The molecule has 0 bridgehead atoms. The molecule has 1 spiro atoms. The van der Waals surface area contributed by atoms with Crippen molar-refractivity contribution >= 4 is 32.9 Å². The number of anilines is 1. The van der Waals surface area contributed by atoms with Crippen LogP contribution >= 0.6 is 0 Å². The highest BCUT2D eigenvalue weighted by molar-refractivity contribution is 7.90. The van der Waals surface area contributed by atoms with Crippen molar-refractivity contribution in [2.24, 2.45) is 5.41 Å². The molecule has 1 saturated carbocycles. The number of rotatable bonds is 7. The quantitative estimate of drug-likeness (QED) is 0.330. The SMILES string of the molecule is CCN(C)S(=O)(=O)Nc1ccc(F)c(Oc2ccc3ncn(C4CCC5(CCN(C(=O)OC(C)(C)C)CC5)C4)c(=O)c3c2C)c1C#N. The van der Waals surface area contributed by atoms with E-state index in [1.165, 1.54) is 7.05 Å². The van der Waals surface area contributed by atoms with Gasteiger partial charge in [-0.15, -0.1) is 0 Å². The lowest BCUT2D eigenvalue weighted by atomic mass is 9.77. The van der Waals surface area contributed by atoms with Gasteiger partial charge in [-0.25, -0.2) is 14.2 Å². The van der Waals surface area contributed by atoms with E-state index in [9.17, 15) is 23.3 Å². The van der Waals surface area contributed by atoms with Crippen molar-refractivity contribution in [2.75, 3.05) is 31.4 Å². The van der Waals surface area contributed by atoms with Crippen LogP contribution < -0.4 is 15.0 Å². The van der Waals surface area contributed by atoms with Crippen LogP contribution in [0.5, 0.6) is 11.5 Å². The number of piperidine rings is 1. The minimum atomic E-state index is -4.00. The van der Waals surface area contributed by atoms with E-state index in [4.69, 9.17) is 9.47 Å². The summed E-state index contributed by atoms with van der Waals surface area (Å²) in [5, 5.41) is 10.2. The Bertz CT molecular complexity index is 1910. The normalized spacial score (nSPS) is 18.0. The van der Waals surface area contributed by atoms with Gasteiger partial charge in [0.05, 0.1) is 22.9 Å². The van der Waals surface area contributed by atoms with Gasteiger partial charge in [0.2, 0.25) is 0 Å². The lowest BCUT2D eigenvalue weighted by molar-refractivity contribution is 0.0103. The van der Waals surface area contributed by atoms with E-state index in [1.807, 2.05) is 26.8 Å². The average molecular weight is 669 g/mol. The van der Waals surface area contributed by atoms with Crippen molar-refractivity contribution < 1.29 is 27.1 Å². The molecule has 47 heavy (non-hydrogen) atoms. The molecule has 2 fully saturated rings. The fraction of sp³-hybridized carbons (Fsp3) is 0.515. The summed E-state index contributed by atoms with van der Waals surface area (Å²) in [4.78, 5) is 32.9. The van der Waals surface area contributed by atoms with Crippen molar-refractivity contribution in [2.45, 2.75) is 78.4 Å². The summed E-state index contributed by atoms with van der Waals surface area (Å²) < 4.78 is 56.8. The Morgan fingerprint density at radius 1 is 1.21 bits per heavy atom. The molecule has 1 aromatic heterocycles. The van der Waals surface area contributed by atoms with E-state index in [0.717, 1.165) is 48.5 Å². The number of nitriles is 1. The fourth-order valence-electron chi connectivity index (χ4n) is 6.44. The summed E-state index contributed by atoms with van der Waals surface area (Å²) in [6.07, 6.45) is 5.42. The van der Waals surface area contributed by atoms with Gasteiger partial charge in [-0.2, -0.15) is 18.0 Å². The molecule has 12 nitrogen and oxygen atoms in total. The first-order valence-electron chi connectivity index (χ1n) is 15.7. The number of nitrogens with one attached hydrogen (secondary N) is 1. The Hall–Kier alpha value is -4.22. The molecule has 1 N–H and O–H groups in total. The second-order valence-corrected chi connectivity index (χ2v) is 15.2. The number of hydrogen-bond acceptors (Lipinski definition) is 8. The molecule has 1 saturated heterocycles. The first-order chi connectivity index (χ1) is 22.1. The van der Waals surface area contributed by atoms with Crippen LogP contribution in [0.1, 0.15) is 77.0 Å². The first kappa shape index (κ1) is 34.1. The highest BCUT2D eigenvalue weighted by Gasteiger charge is 2.43. The smallest absolute Gasteiger partial charge is 0.410 e. The predicted molar refractivity (Wildman–Crippen MR) is 175 cm³/mol. The average Bonchev–Trinajstić information content (AvgIpc) is 3.41. The largest absolute Gasteiger partial charge is 0.452 e. The molecular weight excluding hydrogens is 627 g/mol. The van der Waals surface area contributed by atoms with Gasteiger partial charge in [0.15, 0.2) is 11.6 Å². The van der Waals surface area contributed by atoms with E-state index in [2.05, 4.69) is 9.71 Å². The summed E-state index contributed by atoms with van der Waals surface area (Å²) >= 11 is 0. The summed E-state index contributed by atoms with van der Waals surface area (Å²) in [5.41, 5.74) is -0.418. The number of likely N-dealkylation sites (tertiary alicyclic amines) is 1. The number of hydrogen-bond donors (Lipinski definition) is 1. The van der Waals surface area contributed by atoms with E-state index in [-0.39, 0.29) is 46.7 Å². The Kier molecular flexibility index (Phi) is 9.27. The van der Waals surface area contributed by atoms with Crippen LogP contribution in [0.25, 0.3) is 10.9 Å². The van der Waals surface area contributed by atoms with Crippen LogP contribution in [0.2, 0.25) is 0 Å². The molecule has 2 aliphatic rings. The fourth-order valence-corrected chi connectivity index (χ4v) is 7.38. The third-order valence-corrected chi connectivity index (χ3v) is 10.8. The van der Waals surface area contributed by atoms with E-state index in [1.54, 1.807) is 41.8 Å². The number of benzene rings is 2.